The summed E-state index contributed by atoms with van der Waals surface area (Å²) in [6.07, 6.45) is 8.19. The Morgan fingerprint density at radius 3 is 2.56 bits per heavy atom. The molecule has 0 spiro atoms. The van der Waals surface area contributed by atoms with Crippen molar-refractivity contribution in [2.75, 3.05) is 11.9 Å². The van der Waals surface area contributed by atoms with Gasteiger partial charge in [0.05, 0.1) is 11.8 Å². The highest BCUT2D eigenvalue weighted by Crippen LogP contribution is 2.35. The second-order valence-electron chi connectivity index (χ2n) is 6.39. The van der Waals surface area contributed by atoms with Crippen LogP contribution in [0.1, 0.15) is 44.0 Å². The number of nitrogens with zero attached hydrogens (tertiary/aromatic N) is 3. The minimum absolute atomic E-state index is 0.0776. The topological polar surface area (TPSA) is 92.3 Å². The molecule has 1 N–H and O–H groups in total. The van der Waals surface area contributed by atoms with Gasteiger partial charge in [0.1, 0.15) is 5.01 Å². The zero-order valence-corrected chi connectivity index (χ0v) is 15.1. The minimum atomic E-state index is -0.258. The number of aromatic nitrogens is 2. The number of anilines is 1. The number of aryl methyl sites for hydroxylation is 1. The molecule has 2 atom stereocenters. The van der Waals surface area contributed by atoms with Crippen molar-refractivity contribution in [2.45, 2.75) is 45.4 Å². The molecule has 0 radical (unpaired) electrons. The molecule has 1 fully saturated rings. The van der Waals surface area contributed by atoms with Gasteiger partial charge in [-0.05, 0) is 19.3 Å². The van der Waals surface area contributed by atoms with E-state index >= 15 is 0 Å². The molecule has 3 amide bonds. The van der Waals surface area contributed by atoms with Crippen molar-refractivity contribution in [1.82, 2.24) is 15.1 Å². The van der Waals surface area contributed by atoms with E-state index in [0.717, 1.165) is 24.3 Å². The van der Waals surface area contributed by atoms with Crippen LogP contribution < -0.4 is 5.32 Å². The number of carbonyl (C=O) groups is 3. The van der Waals surface area contributed by atoms with Gasteiger partial charge >= 0.3 is 0 Å². The maximum atomic E-state index is 12.3. The Labute approximate surface area is 150 Å². The number of hydrogen-bond donors (Lipinski definition) is 1. The molecule has 0 saturated carbocycles. The first kappa shape index (κ1) is 17.7. The smallest absolute Gasteiger partial charge is 0.233 e. The van der Waals surface area contributed by atoms with E-state index in [1.807, 2.05) is 12.2 Å². The predicted octanol–water partition coefficient (Wildman–Crippen LogP) is 2.16. The van der Waals surface area contributed by atoms with Crippen LogP contribution in [-0.2, 0) is 20.8 Å². The normalized spacial score (nSPS) is 22.4. The zero-order chi connectivity index (χ0) is 17.8. The van der Waals surface area contributed by atoms with Crippen molar-refractivity contribution in [3.05, 3.63) is 17.2 Å². The third kappa shape index (κ3) is 3.95. The summed E-state index contributed by atoms with van der Waals surface area (Å²) in [5, 5.41) is 12.1. The molecule has 1 aliphatic heterocycles. The summed E-state index contributed by atoms with van der Waals surface area (Å²) in [5.41, 5.74) is 0. The Bertz CT molecular complexity index is 674. The van der Waals surface area contributed by atoms with Gasteiger partial charge in [0.2, 0.25) is 22.9 Å². The van der Waals surface area contributed by atoms with Crippen LogP contribution in [0.15, 0.2) is 12.2 Å². The van der Waals surface area contributed by atoms with Gasteiger partial charge in [-0.15, -0.1) is 10.2 Å². The number of carbonyl (C=O) groups excluding carboxylic acids is 3. The molecule has 1 aromatic heterocycles. The second kappa shape index (κ2) is 7.86. The summed E-state index contributed by atoms with van der Waals surface area (Å²) in [4.78, 5) is 38.0. The third-order valence-corrected chi connectivity index (χ3v) is 5.52. The monoisotopic (exact) mass is 362 g/mol. The first-order valence-corrected chi connectivity index (χ1v) is 9.54. The van der Waals surface area contributed by atoms with Gasteiger partial charge in [0.15, 0.2) is 0 Å². The van der Waals surface area contributed by atoms with E-state index in [4.69, 9.17) is 0 Å². The number of allylic oxidation sites excluding steroid dienone is 2. The van der Waals surface area contributed by atoms with Crippen molar-refractivity contribution >= 4 is 34.2 Å². The number of imide groups is 1. The van der Waals surface area contributed by atoms with E-state index in [0.29, 0.717) is 18.0 Å². The maximum absolute atomic E-state index is 12.3. The molecule has 0 aromatic carbocycles. The molecule has 1 aromatic rings. The van der Waals surface area contributed by atoms with Gasteiger partial charge in [-0.25, -0.2) is 0 Å². The third-order valence-electron chi connectivity index (χ3n) is 4.62. The van der Waals surface area contributed by atoms with E-state index < -0.39 is 0 Å². The molecular formula is C17H22N4O3S. The SMILES string of the molecule is CCCCc1nnc(NC(=O)CCN2C(=O)[C@H]3CC=CC[C@H]3C2=O)s1. The largest absolute Gasteiger partial charge is 0.300 e. The predicted molar refractivity (Wildman–Crippen MR) is 93.8 cm³/mol. The number of hydrogen-bond acceptors (Lipinski definition) is 6. The molecule has 7 nitrogen and oxygen atoms in total. The second-order valence-corrected chi connectivity index (χ2v) is 7.45. The van der Waals surface area contributed by atoms with Crippen LogP contribution in [0.25, 0.3) is 0 Å². The fraction of sp³-hybridized carbons (Fsp3) is 0.588. The number of rotatable bonds is 7. The number of likely N-dealkylation sites (tertiary alicyclic amines) is 1. The van der Waals surface area contributed by atoms with Gasteiger partial charge in [0.25, 0.3) is 0 Å². The Balaban J connectivity index is 1.50. The lowest BCUT2D eigenvalue weighted by molar-refractivity contribution is -0.140. The lowest BCUT2D eigenvalue weighted by Crippen LogP contribution is -2.34. The van der Waals surface area contributed by atoms with Gasteiger partial charge < -0.3 is 5.32 Å². The van der Waals surface area contributed by atoms with E-state index in [9.17, 15) is 14.4 Å². The Kier molecular flexibility index (Phi) is 5.57. The average Bonchev–Trinajstić information content (AvgIpc) is 3.15. The lowest BCUT2D eigenvalue weighted by Gasteiger charge is -2.14. The van der Waals surface area contributed by atoms with Crippen LogP contribution in [0.5, 0.6) is 0 Å². The zero-order valence-electron chi connectivity index (χ0n) is 14.2. The molecule has 2 aliphatic rings. The van der Waals surface area contributed by atoms with Crippen molar-refractivity contribution in [1.29, 1.82) is 0 Å². The summed E-state index contributed by atoms with van der Waals surface area (Å²) in [5.74, 6) is -1.05. The van der Waals surface area contributed by atoms with Crippen LogP contribution in [0.2, 0.25) is 0 Å². The number of unbranched alkanes of at least 4 members (excludes halogenated alkanes) is 1. The Hall–Kier alpha value is -2.09. The highest BCUT2D eigenvalue weighted by molar-refractivity contribution is 7.15. The molecule has 0 bridgehead atoms. The fourth-order valence-corrected chi connectivity index (χ4v) is 4.02. The van der Waals surface area contributed by atoms with Crippen LogP contribution >= 0.6 is 11.3 Å². The van der Waals surface area contributed by atoms with Crippen molar-refractivity contribution in [3.8, 4) is 0 Å². The van der Waals surface area contributed by atoms with Gasteiger partial charge in [-0.2, -0.15) is 0 Å². The van der Waals surface area contributed by atoms with Crippen LogP contribution in [0.4, 0.5) is 5.13 Å². The van der Waals surface area contributed by atoms with Crippen molar-refractivity contribution in [2.24, 2.45) is 11.8 Å². The highest BCUT2D eigenvalue weighted by Gasteiger charge is 2.46. The first-order chi connectivity index (χ1) is 12.1. The summed E-state index contributed by atoms with van der Waals surface area (Å²) in [6.45, 7) is 2.23. The molecule has 3 rings (SSSR count). The molecule has 134 valence electrons. The molecule has 25 heavy (non-hydrogen) atoms. The highest BCUT2D eigenvalue weighted by atomic mass is 32.1. The fourth-order valence-electron chi connectivity index (χ4n) is 3.22. The standard InChI is InChI=1S/C17H22N4O3S/c1-2-3-8-14-19-20-17(25-14)18-13(22)9-10-21-15(23)11-6-4-5-7-12(11)16(21)24/h4-5,11-12H,2-3,6-10H2,1H3,(H,18,20,22)/t11-,12+. The van der Waals surface area contributed by atoms with E-state index in [1.165, 1.54) is 16.2 Å². The Morgan fingerprint density at radius 2 is 1.92 bits per heavy atom. The van der Waals surface area contributed by atoms with Crippen LogP contribution in [-0.4, -0.2) is 39.4 Å². The first-order valence-electron chi connectivity index (χ1n) is 8.72. The Morgan fingerprint density at radius 1 is 1.24 bits per heavy atom. The molecule has 8 heteroatoms. The van der Waals surface area contributed by atoms with E-state index in [1.54, 1.807) is 0 Å². The quantitative estimate of drug-likeness (QED) is 0.593. The van der Waals surface area contributed by atoms with Gasteiger partial charge in [-0.1, -0.05) is 36.8 Å². The van der Waals surface area contributed by atoms with Gasteiger partial charge in [0, 0.05) is 19.4 Å². The number of fused-ring (bicyclic) bond motifs is 1. The van der Waals surface area contributed by atoms with E-state index in [-0.39, 0.29) is 42.5 Å². The van der Waals surface area contributed by atoms with Gasteiger partial charge in [-0.3, -0.25) is 19.3 Å². The van der Waals surface area contributed by atoms with Crippen LogP contribution in [0.3, 0.4) is 0 Å². The molecule has 1 saturated heterocycles. The molecule has 0 unspecified atom stereocenters. The molecular weight excluding hydrogens is 340 g/mol. The van der Waals surface area contributed by atoms with Crippen LogP contribution in [0, 0.1) is 11.8 Å². The summed E-state index contributed by atoms with van der Waals surface area (Å²) < 4.78 is 0. The van der Waals surface area contributed by atoms with Crippen molar-refractivity contribution < 1.29 is 14.4 Å². The van der Waals surface area contributed by atoms with E-state index in [2.05, 4.69) is 22.4 Å². The van der Waals surface area contributed by atoms with Crippen molar-refractivity contribution in [3.63, 3.8) is 0 Å². The maximum Gasteiger partial charge on any atom is 0.233 e. The number of amides is 3. The molecule has 2 heterocycles. The average molecular weight is 362 g/mol. The summed E-state index contributed by atoms with van der Waals surface area (Å²) in [6, 6.07) is 0. The summed E-state index contributed by atoms with van der Waals surface area (Å²) >= 11 is 1.37. The molecule has 1 aliphatic carbocycles. The number of nitrogens with one attached hydrogen (secondary N) is 1. The lowest BCUT2D eigenvalue weighted by atomic mass is 9.85. The minimum Gasteiger partial charge on any atom is -0.300 e. The summed E-state index contributed by atoms with van der Waals surface area (Å²) in [7, 11) is 0.